The van der Waals surface area contributed by atoms with E-state index >= 15 is 0 Å². The second-order valence-electron chi connectivity index (χ2n) is 7.80. The van der Waals surface area contributed by atoms with Crippen molar-refractivity contribution in [1.29, 1.82) is 0 Å². The number of carbonyl (C=O) groups excluding carboxylic acids is 1. The summed E-state index contributed by atoms with van der Waals surface area (Å²) in [5, 5.41) is 1.23. The third-order valence-electron chi connectivity index (χ3n) is 5.71. The summed E-state index contributed by atoms with van der Waals surface area (Å²) in [4.78, 5) is 32.4. The molecule has 0 N–H and O–H groups in total. The zero-order chi connectivity index (χ0) is 21.6. The number of allylic oxidation sites excluding steroid dienone is 2. The number of aromatic nitrogens is 2. The first-order valence-corrected chi connectivity index (χ1v) is 11.7. The number of thioether (sulfide) groups is 1. The normalized spacial score (nSPS) is 13.8. The van der Waals surface area contributed by atoms with Crippen molar-refractivity contribution in [2.45, 2.75) is 43.8 Å². The van der Waals surface area contributed by atoms with Crippen molar-refractivity contribution in [1.82, 2.24) is 9.55 Å². The quantitative estimate of drug-likeness (QED) is 0.297. The summed E-state index contributed by atoms with van der Waals surface area (Å²) in [7, 11) is 1.77. The predicted molar refractivity (Wildman–Crippen MR) is 128 cm³/mol. The molecule has 0 fully saturated rings. The van der Waals surface area contributed by atoms with Crippen LogP contribution in [0.3, 0.4) is 0 Å². The van der Waals surface area contributed by atoms with Crippen LogP contribution >= 0.6 is 11.8 Å². The Kier molecular flexibility index (Phi) is 6.87. The highest BCUT2D eigenvalue weighted by molar-refractivity contribution is 7.99. The zero-order valence-corrected chi connectivity index (χ0v) is 18.6. The Morgan fingerprint density at radius 2 is 1.87 bits per heavy atom. The second-order valence-corrected chi connectivity index (χ2v) is 8.75. The van der Waals surface area contributed by atoms with E-state index in [1.807, 2.05) is 54.6 Å². The summed E-state index contributed by atoms with van der Waals surface area (Å²) in [5.74, 6) is 0.193. The molecule has 0 radical (unpaired) electrons. The van der Waals surface area contributed by atoms with Gasteiger partial charge in [0.25, 0.3) is 5.56 Å². The average Bonchev–Trinajstić information content (AvgIpc) is 2.83. The van der Waals surface area contributed by atoms with E-state index in [9.17, 15) is 9.59 Å². The van der Waals surface area contributed by atoms with E-state index in [0.717, 1.165) is 24.9 Å². The van der Waals surface area contributed by atoms with Crippen LogP contribution in [-0.2, 0) is 11.3 Å². The van der Waals surface area contributed by atoms with Crippen LogP contribution in [-0.4, -0.2) is 28.3 Å². The first-order valence-electron chi connectivity index (χ1n) is 10.8. The summed E-state index contributed by atoms with van der Waals surface area (Å²) < 4.78 is 1.75. The van der Waals surface area contributed by atoms with Crippen molar-refractivity contribution in [3.63, 3.8) is 0 Å². The van der Waals surface area contributed by atoms with E-state index in [1.165, 1.54) is 30.2 Å². The van der Waals surface area contributed by atoms with Gasteiger partial charge in [-0.15, -0.1) is 0 Å². The van der Waals surface area contributed by atoms with Crippen molar-refractivity contribution in [2.75, 3.05) is 17.7 Å². The largest absolute Gasteiger partial charge is 0.315 e. The molecule has 31 heavy (non-hydrogen) atoms. The SMILES string of the molecule is CN(C(=O)CSc1nc2ccccc2c(=O)n1CCC1=CCCCC1)c1ccccc1. The Labute approximate surface area is 186 Å². The topological polar surface area (TPSA) is 55.2 Å². The van der Waals surface area contributed by atoms with Gasteiger partial charge in [-0.2, -0.15) is 0 Å². The first-order chi connectivity index (χ1) is 15.1. The van der Waals surface area contributed by atoms with Crippen molar-refractivity contribution in [3.05, 3.63) is 76.6 Å². The lowest BCUT2D eigenvalue weighted by Gasteiger charge is -2.18. The van der Waals surface area contributed by atoms with Gasteiger partial charge in [0.2, 0.25) is 5.91 Å². The van der Waals surface area contributed by atoms with E-state index in [-0.39, 0.29) is 17.2 Å². The van der Waals surface area contributed by atoms with E-state index in [1.54, 1.807) is 16.5 Å². The van der Waals surface area contributed by atoms with Gasteiger partial charge in [-0.3, -0.25) is 14.2 Å². The van der Waals surface area contributed by atoms with Gasteiger partial charge in [-0.25, -0.2) is 4.98 Å². The smallest absolute Gasteiger partial charge is 0.262 e. The number of hydrogen-bond donors (Lipinski definition) is 0. The standard InChI is InChI=1S/C25H27N3O2S/c1-27(20-12-6-3-7-13-20)23(29)18-31-25-26-22-15-9-8-14-21(22)24(30)28(25)17-16-19-10-4-2-5-11-19/h3,6-10,12-15H,2,4-5,11,16-18H2,1H3. The number of nitrogens with zero attached hydrogens (tertiary/aromatic N) is 3. The minimum atomic E-state index is -0.0339. The maximum Gasteiger partial charge on any atom is 0.262 e. The number of para-hydroxylation sites is 2. The minimum absolute atomic E-state index is 0.0276. The fourth-order valence-electron chi connectivity index (χ4n) is 3.86. The lowest BCUT2D eigenvalue weighted by Crippen LogP contribution is -2.29. The highest BCUT2D eigenvalue weighted by Gasteiger charge is 2.16. The third-order valence-corrected chi connectivity index (χ3v) is 6.67. The molecule has 5 nitrogen and oxygen atoms in total. The lowest BCUT2D eigenvalue weighted by molar-refractivity contribution is -0.115. The van der Waals surface area contributed by atoms with Crippen LogP contribution in [0.2, 0.25) is 0 Å². The fraction of sp³-hybridized carbons (Fsp3) is 0.320. The van der Waals surface area contributed by atoms with Gasteiger partial charge < -0.3 is 4.90 Å². The molecule has 1 amide bonds. The highest BCUT2D eigenvalue weighted by Crippen LogP contribution is 2.23. The van der Waals surface area contributed by atoms with Crippen molar-refractivity contribution in [3.8, 4) is 0 Å². The molecule has 0 bridgehead atoms. The fourth-order valence-corrected chi connectivity index (χ4v) is 4.80. The molecule has 0 aliphatic heterocycles. The van der Waals surface area contributed by atoms with Crippen molar-refractivity contribution in [2.24, 2.45) is 0 Å². The number of fused-ring (bicyclic) bond motifs is 1. The molecule has 1 aromatic heterocycles. The predicted octanol–water partition coefficient (Wildman–Crippen LogP) is 5.04. The average molecular weight is 434 g/mol. The minimum Gasteiger partial charge on any atom is -0.315 e. The summed E-state index contributed by atoms with van der Waals surface area (Å²) in [6.07, 6.45) is 7.87. The molecule has 3 aromatic rings. The van der Waals surface area contributed by atoms with Gasteiger partial charge in [0, 0.05) is 19.3 Å². The van der Waals surface area contributed by atoms with Gasteiger partial charge in [-0.05, 0) is 56.4 Å². The molecule has 4 rings (SSSR count). The molecule has 0 saturated heterocycles. The third kappa shape index (κ3) is 5.07. The molecule has 1 aliphatic carbocycles. The van der Waals surface area contributed by atoms with Crippen molar-refractivity contribution >= 4 is 34.3 Å². The molecular formula is C25H27N3O2S. The van der Waals surface area contributed by atoms with E-state index in [2.05, 4.69) is 6.08 Å². The van der Waals surface area contributed by atoms with Crippen molar-refractivity contribution < 1.29 is 4.79 Å². The van der Waals surface area contributed by atoms with Gasteiger partial charge in [0.1, 0.15) is 0 Å². The van der Waals surface area contributed by atoms with Gasteiger partial charge in [0.15, 0.2) is 5.16 Å². The highest BCUT2D eigenvalue weighted by atomic mass is 32.2. The Bertz CT molecular complexity index is 1150. The first kappa shape index (κ1) is 21.4. The second kappa shape index (κ2) is 9.96. The summed E-state index contributed by atoms with van der Waals surface area (Å²) in [6, 6.07) is 17.0. The maximum absolute atomic E-state index is 13.2. The lowest BCUT2D eigenvalue weighted by atomic mass is 9.97. The Morgan fingerprint density at radius 1 is 1.10 bits per heavy atom. The number of amides is 1. The molecule has 0 atom stereocenters. The van der Waals surface area contributed by atoms with Gasteiger partial charge in [-0.1, -0.05) is 53.7 Å². The van der Waals surface area contributed by atoms with Crippen LogP contribution < -0.4 is 10.5 Å². The monoisotopic (exact) mass is 433 g/mol. The number of rotatable bonds is 7. The summed E-state index contributed by atoms with van der Waals surface area (Å²) >= 11 is 1.33. The Morgan fingerprint density at radius 3 is 2.65 bits per heavy atom. The maximum atomic E-state index is 13.2. The van der Waals surface area contributed by atoms with E-state index < -0.39 is 0 Å². The van der Waals surface area contributed by atoms with Crippen LogP contribution in [0.15, 0.2) is 76.2 Å². The Balaban J connectivity index is 1.57. The number of carbonyl (C=O) groups is 1. The van der Waals surface area contributed by atoms with Crippen LogP contribution in [0.1, 0.15) is 32.1 Å². The summed E-state index contributed by atoms with van der Waals surface area (Å²) in [6.45, 7) is 0.591. The molecule has 6 heteroatoms. The molecule has 0 spiro atoms. The molecular weight excluding hydrogens is 406 g/mol. The van der Waals surface area contributed by atoms with Gasteiger partial charge in [0.05, 0.1) is 16.7 Å². The molecule has 0 saturated carbocycles. The van der Waals surface area contributed by atoms with Crippen LogP contribution in [0.5, 0.6) is 0 Å². The van der Waals surface area contributed by atoms with Crippen LogP contribution in [0, 0.1) is 0 Å². The molecule has 1 aliphatic rings. The Hall–Kier alpha value is -2.86. The number of anilines is 1. The van der Waals surface area contributed by atoms with Crippen LogP contribution in [0.25, 0.3) is 10.9 Å². The van der Waals surface area contributed by atoms with E-state index in [4.69, 9.17) is 4.98 Å². The van der Waals surface area contributed by atoms with Crippen LogP contribution in [0.4, 0.5) is 5.69 Å². The van der Waals surface area contributed by atoms with Gasteiger partial charge >= 0.3 is 0 Å². The molecule has 1 heterocycles. The summed E-state index contributed by atoms with van der Waals surface area (Å²) in [5.41, 5.74) is 2.91. The van der Waals surface area contributed by atoms with E-state index in [0.29, 0.717) is 22.6 Å². The molecule has 0 unspecified atom stereocenters. The number of benzene rings is 2. The zero-order valence-electron chi connectivity index (χ0n) is 17.8. The molecule has 160 valence electrons. The number of hydrogen-bond acceptors (Lipinski definition) is 4. The molecule has 2 aromatic carbocycles.